The van der Waals surface area contributed by atoms with Crippen LogP contribution >= 0.6 is 11.3 Å². The SMILES string of the molecule is Cc1sc2c(c1C)COCC2. The van der Waals surface area contributed by atoms with Gasteiger partial charge in [-0.25, -0.2) is 0 Å². The molecule has 1 aliphatic rings. The lowest BCUT2D eigenvalue weighted by Gasteiger charge is -2.12. The van der Waals surface area contributed by atoms with Crippen molar-refractivity contribution in [1.29, 1.82) is 0 Å². The van der Waals surface area contributed by atoms with Crippen LogP contribution in [0, 0.1) is 13.8 Å². The van der Waals surface area contributed by atoms with Crippen LogP contribution in [0.25, 0.3) is 0 Å². The summed E-state index contributed by atoms with van der Waals surface area (Å²) >= 11 is 1.94. The van der Waals surface area contributed by atoms with Crippen molar-refractivity contribution in [2.75, 3.05) is 6.61 Å². The Morgan fingerprint density at radius 2 is 2.18 bits per heavy atom. The van der Waals surface area contributed by atoms with Crippen molar-refractivity contribution in [2.45, 2.75) is 26.9 Å². The molecule has 0 unspecified atom stereocenters. The zero-order valence-electron chi connectivity index (χ0n) is 6.94. The van der Waals surface area contributed by atoms with Crippen LogP contribution < -0.4 is 0 Å². The fourth-order valence-electron chi connectivity index (χ4n) is 1.47. The van der Waals surface area contributed by atoms with E-state index >= 15 is 0 Å². The van der Waals surface area contributed by atoms with Gasteiger partial charge in [0.25, 0.3) is 0 Å². The molecule has 0 radical (unpaired) electrons. The predicted molar refractivity (Wildman–Crippen MR) is 47.2 cm³/mol. The molecule has 2 rings (SSSR count). The van der Waals surface area contributed by atoms with Crippen molar-refractivity contribution in [3.05, 3.63) is 20.9 Å². The van der Waals surface area contributed by atoms with E-state index in [0.29, 0.717) is 0 Å². The van der Waals surface area contributed by atoms with Gasteiger partial charge in [0.05, 0.1) is 13.2 Å². The van der Waals surface area contributed by atoms with Gasteiger partial charge in [-0.2, -0.15) is 0 Å². The minimum atomic E-state index is 0.839. The second-order valence-electron chi connectivity index (χ2n) is 2.99. The highest BCUT2D eigenvalue weighted by Gasteiger charge is 2.15. The predicted octanol–water partition coefficient (Wildman–Crippen LogP) is 2.44. The highest BCUT2D eigenvalue weighted by molar-refractivity contribution is 7.12. The van der Waals surface area contributed by atoms with E-state index < -0.39 is 0 Å². The van der Waals surface area contributed by atoms with Crippen molar-refractivity contribution in [3.8, 4) is 0 Å². The van der Waals surface area contributed by atoms with Gasteiger partial charge >= 0.3 is 0 Å². The van der Waals surface area contributed by atoms with Crippen LogP contribution in [-0.2, 0) is 17.8 Å². The molecule has 1 aromatic heterocycles. The molecule has 0 aliphatic carbocycles. The van der Waals surface area contributed by atoms with Gasteiger partial charge in [-0.05, 0) is 25.0 Å². The molecule has 0 saturated heterocycles. The van der Waals surface area contributed by atoms with Crippen molar-refractivity contribution < 1.29 is 4.74 Å². The fourth-order valence-corrected chi connectivity index (χ4v) is 2.64. The number of hydrogen-bond acceptors (Lipinski definition) is 2. The molecule has 0 N–H and O–H groups in total. The summed E-state index contributed by atoms with van der Waals surface area (Å²) in [6.07, 6.45) is 1.12. The molecule has 0 aromatic carbocycles. The number of fused-ring (bicyclic) bond motifs is 1. The van der Waals surface area contributed by atoms with E-state index in [4.69, 9.17) is 4.74 Å². The molecule has 1 nitrogen and oxygen atoms in total. The number of thiophene rings is 1. The van der Waals surface area contributed by atoms with Gasteiger partial charge < -0.3 is 4.74 Å². The lowest BCUT2D eigenvalue weighted by molar-refractivity contribution is 0.112. The molecule has 0 atom stereocenters. The summed E-state index contributed by atoms with van der Waals surface area (Å²) in [4.78, 5) is 3.01. The monoisotopic (exact) mass is 168 g/mol. The quantitative estimate of drug-likeness (QED) is 0.578. The van der Waals surface area contributed by atoms with Gasteiger partial charge in [0, 0.05) is 16.2 Å². The summed E-state index contributed by atoms with van der Waals surface area (Å²) in [6.45, 7) is 6.13. The Morgan fingerprint density at radius 3 is 2.91 bits per heavy atom. The highest BCUT2D eigenvalue weighted by atomic mass is 32.1. The molecule has 11 heavy (non-hydrogen) atoms. The average molecular weight is 168 g/mol. The zero-order valence-corrected chi connectivity index (χ0v) is 7.75. The van der Waals surface area contributed by atoms with Crippen molar-refractivity contribution in [2.24, 2.45) is 0 Å². The molecule has 0 bridgehead atoms. The Hall–Kier alpha value is -0.340. The van der Waals surface area contributed by atoms with Gasteiger partial charge in [0.15, 0.2) is 0 Å². The van der Waals surface area contributed by atoms with Crippen molar-refractivity contribution in [3.63, 3.8) is 0 Å². The van der Waals surface area contributed by atoms with Crippen molar-refractivity contribution >= 4 is 11.3 Å². The van der Waals surface area contributed by atoms with E-state index in [1.165, 1.54) is 16.0 Å². The molecule has 60 valence electrons. The first kappa shape index (κ1) is 7.32. The van der Waals surface area contributed by atoms with E-state index in [-0.39, 0.29) is 0 Å². The van der Waals surface area contributed by atoms with E-state index in [9.17, 15) is 0 Å². The van der Waals surface area contributed by atoms with Crippen molar-refractivity contribution in [1.82, 2.24) is 0 Å². The first-order chi connectivity index (χ1) is 5.29. The number of hydrogen-bond donors (Lipinski definition) is 0. The molecule has 0 amide bonds. The molecule has 0 spiro atoms. The minimum absolute atomic E-state index is 0.839. The summed E-state index contributed by atoms with van der Waals surface area (Å²) in [5, 5.41) is 0. The Balaban J connectivity index is 2.50. The Kier molecular flexibility index (Phi) is 1.74. The number of rotatable bonds is 0. The third-order valence-corrected chi connectivity index (χ3v) is 3.62. The van der Waals surface area contributed by atoms with Crippen LogP contribution in [0.1, 0.15) is 20.9 Å². The van der Waals surface area contributed by atoms with Crippen LogP contribution in [-0.4, -0.2) is 6.61 Å². The van der Waals surface area contributed by atoms with E-state index in [2.05, 4.69) is 13.8 Å². The summed E-state index contributed by atoms with van der Waals surface area (Å²) in [5.74, 6) is 0. The van der Waals surface area contributed by atoms with Gasteiger partial charge in [-0.1, -0.05) is 0 Å². The maximum Gasteiger partial charge on any atom is 0.0730 e. The third kappa shape index (κ3) is 1.10. The van der Waals surface area contributed by atoms with E-state index in [0.717, 1.165) is 19.6 Å². The molecule has 1 aliphatic heterocycles. The second-order valence-corrected chi connectivity index (χ2v) is 4.30. The third-order valence-electron chi connectivity index (χ3n) is 2.31. The van der Waals surface area contributed by atoms with Gasteiger partial charge in [-0.3, -0.25) is 0 Å². The summed E-state index contributed by atoms with van der Waals surface area (Å²) < 4.78 is 5.40. The smallest absolute Gasteiger partial charge is 0.0730 e. The molecule has 0 fully saturated rings. The highest BCUT2D eigenvalue weighted by Crippen LogP contribution is 2.30. The molecular weight excluding hydrogens is 156 g/mol. The first-order valence-electron chi connectivity index (χ1n) is 3.94. The van der Waals surface area contributed by atoms with Crippen LogP contribution in [0.15, 0.2) is 0 Å². The maximum absolute atomic E-state index is 5.40. The maximum atomic E-state index is 5.40. The zero-order chi connectivity index (χ0) is 7.84. The van der Waals surface area contributed by atoms with Crippen LogP contribution in [0.4, 0.5) is 0 Å². The Labute approximate surface area is 71.0 Å². The Bertz CT molecular complexity index is 275. The normalized spacial score (nSPS) is 16.5. The van der Waals surface area contributed by atoms with Gasteiger partial charge in [0.2, 0.25) is 0 Å². The second kappa shape index (κ2) is 2.61. The Morgan fingerprint density at radius 1 is 1.36 bits per heavy atom. The lowest BCUT2D eigenvalue weighted by Crippen LogP contribution is -2.07. The first-order valence-corrected chi connectivity index (χ1v) is 4.76. The molecular formula is C9H12OS. The van der Waals surface area contributed by atoms with E-state index in [1.807, 2.05) is 11.3 Å². The van der Waals surface area contributed by atoms with Crippen LogP contribution in [0.2, 0.25) is 0 Å². The summed E-state index contributed by atoms with van der Waals surface area (Å²) in [6, 6.07) is 0. The fraction of sp³-hybridized carbons (Fsp3) is 0.556. The van der Waals surface area contributed by atoms with Gasteiger partial charge in [-0.15, -0.1) is 11.3 Å². The number of aryl methyl sites for hydroxylation is 1. The number of ether oxygens (including phenoxy) is 1. The minimum Gasteiger partial charge on any atom is -0.376 e. The van der Waals surface area contributed by atoms with E-state index in [1.54, 1.807) is 4.88 Å². The van der Waals surface area contributed by atoms with Crippen LogP contribution in [0.5, 0.6) is 0 Å². The molecule has 2 heterocycles. The summed E-state index contributed by atoms with van der Waals surface area (Å²) in [7, 11) is 0. The van der Waals surface area contributed by atoms with Gasteiger partial charge in [0.1, 0.15) is 0 Å². The molecule has 2 heteroatoms. The molecule has 0 saturated carbocycles. The summed E-state index contributed by atoms with van der Waals surface area (Å²) in [5.41, 5.74) is 2.91. The lowest BCUT2D eigenvalue weighted by atomic mass is 10.1. The largest absolute Gasteiger partial charge is 0.376 e. The van der Waals surface area contributed by atoms with Crippen LogP contribution in [0.3, 0.4) is 0 Å². The topological polar surface area (TPSA) is 9.23 Å². The average Bonchev–Trinajstić information content (AvgIpc) is 2.30. The standard InChI is InChI=1S/C9H12OS/c1-6-7(2)11-9-3-4-10-5-8(6)9/h3-5H2,1-2H3. The molecule has 1 aromatic rings.